The molecule has 1 aliphatic heterocycles. The zero-order chi connectivity index (χ0) is 36.7. The van der Waals surface area contributed by atoms with E-state index in [0.29, 0.717) is 23.3 Å². The molecule has 2 fully saturated rings. The quantitative estimate of drug-likeness (QED) is 0.127. The number of carbonyl (C=O) groups excluding carboxylic acids is 2. The molecule has 4 aromatic rings. The second-order valence-electron chi connectivity index (χ2n) is 13.8. The van der Waals surface area contributed by atoms with Crippen LogP contribution in [0.25, 0.3) is 0 Å². The van der Waals surface area contributed by atoms with Gasteiger partial charge in [-0.05, 0) is 110 Å². The summed E-state index contributed by atoms with van der Waals surface area (Å²) < 4.78 is 84.3. The molecule has 1 amide bonds. The minimum Gasteiger partial charge on any atom is -0.489 e. The summed E-state index contributed by atoms with van der Waals surface area (Å²) in [6, 6.07) is 22.2. The van der Waals surface area contributed by atoms with Crippen LogP contribution in [0.4, 0.5) is 13.2 Å². The molecule has 3 aliphatic rings. The molecule has 2 atom stereocenters. The van der Waals surface area contributed by atoms with E-state index in [0.717, 1.165) is 17.7 Å². The van der Waals surface area contributed by atoms with E-state index in [1.165, 1.54) is 29.2 Å². The number of aryl methyl sites for hydroxylation is 1. The Hall–Kier alpha value is -4.35. The largest absolute Gasteiger partial charge is 0.489 e. The summed E-state index contributed by atoms with van der Waals surface area (Å²) >= 11 is 6.18. The molecule has 1 saturated heterocycles. The number of carbonyl (C=O) groups is 2. The number of benzene rings is 4. The number of ether oxygens (including phenoxy) is 2. The van der Waals surface area contributed by atoms with Crippen molar-refractivity contribution in [1.29, 1.82) is 0 Å². The summed E-state index contributed by atoms with van der Waals surface area (Å²) in [4.78, 5) is 28.3. The van der Waals surface area contributed by atoms with E-state index in [4.69, 9.17) is 21.1 Å². The third-order valence-electron chi connectivity index (χ3n) is 10.9. The maximum Gasteiger partial charge on any atom is 0.309 e. The van der Waals surface area contributed by atoms with Crippen LogP contribution in [0.5, 0.6) is 5.75 Å². The molecule has 1 saturated carbocycles. The number of halogens is 4. The molecule has 2 aliphatic carbocycles. The van der Waals surface area contributed by atoms with Crippen molar-refractivity contribution in [2.24, 2.45) is 5.92 Å². The first-order valence-corrected chi connectivity index (χ1v) is 19.2. The van der Waals surface area contributed by atoms with Crippen LogP contribution < -0.4 is 4.74 Å². The van der Waals surface area contributed by atoms with E-state index >= 15 is 4.39 Å². The number of esters is 1. The predicted molar refractivity (Wildman–Crippen MR) is 188 cm³/mol. The van der Waals surface area contributed by atoms with Crippen molar-refractivity contribution in [3.63, 3.8) is 0 Å². The third-order valence-corrected chi connectivity index (χ3v) is 13.8. The highest BCUT2D eigenvalue weighted by atomic mass is 35.5. The Labute approximate surface area is 305 Å². The van der Waals surface area contributed by atoms with E-state index < -0.39 is 55.7 Å². The van der Waals surface area contributed by atoms with Crippen LogP contribution in [0.15, 0.2) is 95.9 Å². The third kappa shape index (κ3) is 6.46. The number of sulfone groups is 1. The lowest BCUT2D eigenvalue weighted by molar-refractivity contribution is -0.157. The van der Waals surface area contributed by atoms with E-state index in [1.807, 2.05) is 30.3 Å². The van der Waals surface area contributed by atoms with Crippen molar-refractivity contribution < 1.29 is 40.7 Å². The highest BCUT2D eigenvalue weighted by Gasteiger charge is 2.62. The number of fused-ring (bicyclic) bond motifs is 3. The minimum atomic E-state index is -4.29. The molecular formula is C40H37ClF3NO6S. The fraction of sp³-hybridized carbons (Fsp3) is 0.350. The first-order chi connectivity index (χ1) is 24.9. The summed E-state index contributed by atoms with van der Waals surface area (Å²) in [6.07, 6.45) is 0.422. The van der Waals surface area contributed by atoms with Gasteiger partial charge < -0.3 is 14.4 Å². The highest BCUT2D eigenvalue weighted by molar-refractivity contribution is 7.92. The summed E-state index contributed by atoms with van der Waals surface area (Å²) in [5.74, 6) is -2.52. The molecule has 0 radical (unpaired) electrons. The Morgan fingerprint density at radius 1 is 0.865 bits per heavy atom. The number of likely N-dealkylation sites (tertiary alicyclic amines) is 1. The Bertz CT molecular complexity index is 2070. The van der Waals surface area contributed by atoms with E-state index in [9.17, 15) is 26.8 Å². The summed E-state index contributed by atoms with van der Waals surface area (Å²) in [6.45, 7) is -0.0645. The number of alkyl halides is 1. The highest BCUT2D eigenvalue weighted by Crippen LogP contribution is 2.54. The standard InChI is InChI=1S/C40H37ClF3NO6S/c41-34-7-4-8-35(43)32(34)25-50-30-12-15-33-28(23-30)9-16-36-40(33,52(48,49)31-13-10-29(42)11-14-31)21-22-45(36)38(47)39(44)19-17-27(18-20-39)37(46)51-24-26-5-2-1-3-6-26/h1-8,10-15,23,27,36H,9,16-22,24-25H2/t27-,36-,39+,40-/m1/s1. The second-order valence-corrected chi connectivity index (χ2v) is 16.4. The molecule has 0 spiro atoms. The van der Waals surface area contributed by atoms with Gasteiger partial charge in [0.2, 0.25) is 0 Å². The Balaban J connectivity index is 1.14. The summed E-state index contributed by atoms with van der Waals surface area (Å²) in [5.41, 5.74) is -0.145. The molecule has 272 valence electrons. The van der Waals surface area contributed by atoms with Gasteiger partial charge in [0.15, 0.2) is 15.5 Å². The minimum absolute atomic E-state index is 0.00826. The first-order valence-electron chi connectivity index (χ1n) is 17.3. The van der Waals surface area contributed by atoms with Crippen molar-refractivity contribution in [2.75, 3.05) is 6.54 Å². The van der Waals surface area contributed by atoms with Crippen LogP contribution in [0.2, 0.25) is 5.02 Å². The average Bonchev–Trinajstić information content (AvgIpc) is 3.56. The molecule has 52 heavy (non-hydrogen) atoms. The molecule has 0 aromatic heterocycles. The molecule has 4 aromatic carbocycles. The predicted octanol–water partition coefficient (Wildman–Crippen LogP) is 8.06. The zero-order valence-corrected chi connectivity index (χ0v) is 29.8. The van der Waals surface area contributed by atoms with Crippen LogP contribution in [-0.4, -0.2) is 43.4 Å². The smallest absolute Gasteiger partial charge is 0.309 e. The van der Waals surface area contributed by atoms with Gasteiger partial charge in [0.05, 0.1) is 21.9 Å². The van der Waals surface area contributed by atoms with Gasteiger partial charge in [0.1, 0.15) is 35.3 Å². The number of hydrogen-bond donors (Lipinski definition) is 0. The lowest BCUT2D eigenvalue weighted by Crippen LogP contribution is -2.56. The van der Waals surface area contributed by atoms with Gasteiger partial charge in [-0.3, -0.25) is 9.59 Å². The van der Waals surface area contributed by atoms with Crippen molar-refractivity contribution in [3.05, 3.63) is 130 Å². The number of hydrogen-bond acceptors (Lipinski definition) is 6. The molecule has 0 unspecified atom stereocenters. The molecular weight excluding hydrogens is 715 g/mol. The summed E-state index contributed by atoms with van der Waals surface area (Å²) in [5, 5.41) is 0.211. The van der Waals surface area contributed by atoms with Crippen LogP contribution >= 0.6 is 11.6 Å². The average molecular weight is 752 g/mol. The monoisotopic (exact) mass is 751 g/mol. The van der Waals surface area contributed by atoms with E-state index in [1.54, 1.807) is 24.3 Å². The van der Waals surface area contributed by atoms with Gasteiger partial charge in [-0.25, -0.2) is 21.6 Å². The fourth-order valence-electron chi connectivity index (χ4n) is 8.12. The van der Waals surface area contributed by atoms with Crippen molar-refractivity contribution in [1.82, 2.24) is 4.90 Å². The maximum absolute atomic E-state index is 16.7. The van der Waals surface area contributed by atoms with Gasteiger partial charge >= 0.3 is 5.97 Å². The van der Waals surface area contributed by atoms with Gasteiger partial charge in [0.25, 0.3) is 5.91 Å². The number of nitrogens with zero attached hydrogens (tertiary/aromatic N) is 1. The van der Waals surface area contributed by atoms with E-state index in [2.05, 4.69) is 0 Å². The van der Waals surface area contributed by atoms with E-state index in [-0.39, 0.29) is 73.8 Å². The molecule has 0 bridgehead atoms. The van der Waals surface area contributed by atoms with Crippen molar-refractivity contribution >= 4 is 33.3 Å². The molecule has 7 nitrogen and oxygen atoms in total. The molecule has 7 rings (SSSR count). The van der Waals surface area contributed by atoms with Gasteiger partial charge in [-0.1, -0.05) is 54.1 Å². The van der Waals surface area contributed by atoms with Crippen LogP contribution in [0.3, 0.4) is 0 Å². The van der Waals surface area contributed by atoms with Crippen molar-refractivity contribution in [2.45, 2.75) is 79.5 Å². The lowest BCUT2D eigenvalue weighted by atomic mass is 9.77. The maximum atomic E-state index is 16.7. The number of rotatable bonds is 9. The van der Waals surface area contributed by atoms with Crippen molar-refractivity contribution in [3.8, 4) is 5.75 Å². The SMILES string of the molecule is O=C(OCc1ccccc1)[C@H]1CC[C@](F)(C(=O)N2CC[C@@]3(S(=O)(=O)c4ccc(F)cc4)c4ccc(OCc5c(F)cccc5Cl)cc4CC[C@@H]23)CC1. The Morgan fingerprint density at radius 3 is 2.31 bits per heavy atom. The second kappa shape index (κ2) is 14.2. The first kappa shape index (κ1) is 36.0. The molecule has 1 heterocycles. The Morgan fingerprint density at radius 2 is 1.60 bits per heavy atom. The van der Waals surface area contributed by atoms with Gasteiger partial charge in [-0.2, -0.15) is 0 Å². The zero-order valence-electron chi connectivity index (χ0n) is 28.2. The lowest BCUT2D eigenvalue weighted by Gasteiger charge is -2.44. The van der Waals surface area contributed by atoms with Gasteiger partial charge in [-0.15, -0.1) is 0 Å². The summed E-state index contributed by atoms with van der Waals surface area (Å²) in [7, 11) is -4.29. The van der Waals surface area contributed by atoms with Gasteiger partial charge in [0, 0.05) is 12.1 Å². The Kier molecular flexibility index (Phi) is 9.86. The fourth-order valence-corrected chi connectivity index (χ4v) is 10.7. The molecule has 12 heteroatoms. The normalized spacial score (nSPS) is 24.1. The van der Waals surface area contributed by atoms with Crippen LogP contribution in [0.1, 0.15) is 60.8 Å². The number of amides is 1. The topological polar surface area (TPSA) is 90.0 Å². The van der Waals surface area contributed by atoms with Crippen LogP contribution in [-0.2, 0) is 48.5 Å². The molecule has 0 N–H and O–H groups in total. The van der Waals surface area contributed by atoms with Crippen LogP contribution in [0, 0.1) is 17.6 Å².